The highest BCUT2D eigenvalue weighted by molar-refractivity contribution is 6.05. The van der Waals surface area contributed by atoms with Crippen molar-refractivity contribution >= 4 is 28.6 Å². The van der Waals surface area contributed by atoms with E-state index in [-0.39, 0.29) is 41.3 Å². The minimum atomic E-state index is -2.80. The lowest BCUT2D eigenvalue weighted by molar-refractivity contribution is -0.135. The molecule has 0 spiro atoms. The lowest BCUT2D eigenvalue weighted by atomic mass is 9.84. The van der Waals surface area contributed by atoms with E-state index in [0.717, 1.165) is 58.0 Å². The predicted molar refractivity (Wildman–Crippen MR) is 145 cm³/mol. The van der Waals surface area contributed by atoms with Crippen molar-refractivity contribution in [3.8, 4) is 17.0 Å². The number of nitrogens with one attached hydrogen (secondary N) is 3. The van der Waals surface area contributed by atoms with Gasteiger partial charge in [-0.2, -0.15) is 5.10 Å². The molecular formula is C29H34N6O4. The third kappa shape index (κ3) is 5.32. The summed E-state index contributed by atoms with van der Waals surface area (Å²) in [6, 6.07) is 6.91. The van der Waals surface area contributed by atoms with E-state index >= 15 is 0 Å². The fourth-order valence-electron chi connectivity index (χ4n) is 5.71. The maximum absolute atomic E-state index is 13.5. The Morgan fingerprint density at radius 1 is 1.00 bits per heavy atom. The van der Waals surface area contributed by atoms with Crippen LogP contribution in [0.15, 0.2) is 30.5 Å². The van der Waals surface area contributed by atoms with Crippen LogP contribution in [0.2, 0.25) is 0 Å². The molecule has 2 atom stereocenters. The molecule has 3 amide bonds. The van der Waals surface area contributed by atoms with E-state index in [1.165, 1.54) is 6.20 Å². The first-order valence-electron chi connectivity index (χ1n) is 15.2. The minimum Gasteiger partial charge on any atom is -0.480 e. The molecule has 3 aliphatic rings. The number of fused-ring (bicyclic) bond motifs is 1. The highest BCUT2D eigenvalue weighted by Crippen LogP contribution is 2.30. The van der Waals surface area contributed by atoms with Crippen LogP contribution in [0.4, 0.5) is 0 Å². The van der Waals surface area contributed by atoms with Crippen LogP contribution in [0.5, 0.6) is 5.88 Å². The second-order valence-corrected chi connectivity index (χ2v) is 10.8. The number of aromatic nitrogens is 3. The number of amides is 3. The SMILES string of the molecule is [2H]C([2H])([2H])Oc1ncc(-c2ccc3c(C(=O)NC4CC4)n[nH]c3c2)cc1C(=O)NC1CCCC(C(=O)N2CCCC2)C1. The highest BCUT2D eigenvalue weighted by atomic mass is 16.5. The van der Waals surface area contributed by atoms with Gasteiger partial charge in [-0.3, -0.25) is 19.5 Å². The second kappa shape index (κ2) is 10.7. The highest BCUT2D eigenvalue weighted by Gasteiger charge is 2.32. The lowest BCUT2D eigenvalue weighted by Crippen LogP contribution is -2.43. The van der Waals surface area contributed by atoms with Crippen molar-refractivity contribution in [1.82, 2.24) is 30.7 Å². The Kier molecular flexibility index (Phi) is 6.00. The molecule has 10 nitrogen and oxygen atoms in total. The Hall–Kier alpha value is -3.95. The fourth-order valence-corrected chi connectivity index (χ4v) is 5.71. The van der Waals surface area contributed by atoms with E-state index in [1.807, 2.05) is 4.90 Å². The largest absolute Gasteiger partial charge is 0.480 e. The van der Waals surface area contributed by atoms with Crippen LogP contribution in [0.25, 0.3) is 22.0 Å². The fraction of sp³-hybridized carbons (Fsp3) is 0.483. The van der Waals surface area contributed by atoms with Crippen molar-refractivity contribution in [3.05, 3.63) is 41.7 Å². The maximum Gasteiger partial charge on any atom is 0.272 e. The Balaban J connectivity index is 1.23. The van der Waals surface area contributed by atoms with E-state index in [4.69, 9.17) is 8.85 Å². The monoisotopic (exact) mass is 533 g/mol. The number of hydrogen-bond donors (Lipinski definition) is 3. The summed E-state index contributed by atoms with van der Waals surface area (Å²) in [7, 11) is -2.80. The van der Waals surface area contributed by atoms with Crippen molar-refractivity contribution in [1.29, 1.82) is 0 Å². The molecule has 2 unspecified atom stereocenters. The number of nitrogens with zero attached hydrogens (tertiary/aromatic N) is 3. The number of hydrogen-bond acceptors (Lipinski definition) is 6. The summed E-state index contributed by atoms with van der Waals surface area (Å²) in [6.45, 7) is 1.58. The molecule has 39 heavy (non-hydrogen) atoms. The quantitative estimate of drug-likeness (QED) is 0.427. The van der Waals surface area contributed by atoms with E-state index in [1.54, 1.807) is 24.3 Å². The molecule has 3 aromatic rings. The Bertz CT molecular complexity index is 1510. The molecule has 1 aromatic carbocycles. The van der Waals surface area contributed by atoms with Gasteiger partial charge in [0, 0.05) is 48.2 Å². The summed E-state index contributed by atoms with van der Waals surface area (Å²) in [6.07, 6.45) is 8.32. The molecule has 1 aliphatic heterocycles. The average molecular weight is 534 g/mol. The first kappa shape index (κ1) is 21.9. The maximum atomic E-state index is 13.5. The summed E-state index contributed by atoms with van der Waals surface area (Å²) in [4.78, 5) is 45.2. The molecule has 3 heterocycles. The lowest BCUT2D eigenvalue weighted by Gasteiger charge is -2.31. The van der Waals surface area contributed by atoms with Crippen molar-refractivity contribution < 1.29 is 23.2 Å². The van der Waals surface area contributed by atoms with E-state index in [9.17, 15) is 14.4 Å². The van der Waals surface area contributed by atoms with Gasteiger partial charge in [-0.25, -0.2) is 4.98 Å². The number of rotatable bonds is 7. The third-order valence-corrected chi connectivity index (χ3v) is 7.99. The van der Waals surface area contributed by atoms with Gasteiger partial charge in [0.2, 0.25) is 11.8 Å². The van der Waals surface area contributed by atoms with Gasteiger partial charge in [0.05, 0.1) is 16.7 Å². The number of ether oxygens (including phenoxy) is 1. The average Bonchev–Trinajstić information content (AvgIpc) is 3.42. The molecule has 1 saturated heterocycles. The van der Waals surface area contributed by atoms with Gasteiger partial charge < -0.3 is 20.3 Å². The molecule has 2 saturated carbocycles. The van der Waals surface area contributed by atoms with Crippen molar-refractivity contribution in [2.45, 2.75) is 63.5 Å². The summed E-state index contributed by atoms with van der Waals surface area (Å²) in [5, 5.41) is 13.7. The van der Waals surface area contributed by atoms with Gasteiger partial charge in [0.1, 0.15) is 5.56 Å². The summed E-state index contributed by atoms with van der Waals surface area (Å²) in [5.41, 5.74) is 2.20. The number of carbonyl (C=O) groups is 3. The Morgan fingerprint density at radius 2 is 1.82 bits per heavy atom. The zero-order valence-corrected chi connectivity index (χ0v) is 21.7. The van der Waals surface area contributed by atoms with E-state index in [0.29, 0.717) is 34.1 Å². The van der Waals surface area contributed by atoms with Crippen LogP contribution >= 0.6 is 0 Å². The van der Waals surface area contributed by atoms with Crippen LogP contribution in [0.3, 0.4) is 0 Å². The first-order valence-corrected chi connectivity index (χ1v) is 13.7. The molecule has 0 bridgehead atoms. The number of benzene rings is 1. The molecule has 6 rings (SSSR count). The van der Waals surface area contributed by atoms with Crippen LogP contribution < -0.4 is 15.4 Å². The topological polar surface area (TPSA) is 129 Å². The summed E-state index contributed by atoms with van der Waals surface area (Å²) >= 11 is 0. The third-order valence-electron chi connectivity index (χ3n) is 7.99. The van der Waals surface area contributed by atoms with Crippen LogP contribution in [-0.4, -0.2) is 70.0 Å². The Labute approximate surface area is 231 Å². The minimum absolute atomic E-state index is 0.00849. The van der Waals surface area contributed by atoms with Crippen LogP contribution in [0, 0.1) is 5.92 Å². The Morgan fingerprint density at radius 3 is 2.62 bits per heavy atom. The van der Waals surface area contributed by atoms with Gasteiger partial charge in [-0.05, 0) is 68.7 Å². The molecule has 2 aliphatic carbocycles. The smallest absolute Gasteiger partial charge is 0.272 e. The number of pyridine rings is 1. The molecule has 3 fully saturated rings. The van der Waals surface area contributed by atoms with Crippen molar-refractivity contribution in [2.75, 3.05) is 20.1 Å². The molecule has 10 heteroatoms. The first-order chi connectivity index (χ1) is 20.1. The molecule has 0 radical (unpaired) electrons. The predicted octanol–water partition coefficient (Wildman–Crippen LogP) is 3.44. The number of likely N-dealkylation sites (tertiary alicyclic amines) is 1. The number of methoxy groups -OCH3 is 1. The zero-order valence-electron chi connectivity index (χ0n) is 24.7. The summed E-state index contributed by atoms with van der Waals surface area (Å²) < 4.78 is 27.8. The van der Waals surface area contributed by atoms with Gasteiger partial charge in [-0.15, -0.1) is 0 Å². The van der Waals surface area contributed by atoms with E-state index in [2.05, 4.69) is 25.8 Å². The van der Waals surface area contributed by atoms with Gasteiger partial charge in [0.15, 0.2) is 5.69 Å². The number of aromatic amines is 1. The van der Waals surface area contributed by atoms with Crippen molar-refractivity contribution in [3.63, 3.8) is 0 Å². The van der Waals surface area contributed by atoms with E-state index < -0.39 is 12.9 Å². The van der Waals surface area contributed by atoms with Crippen molar-refractivity contribution in [2.24, 2.45) is 5.92 Å². The standard InChI is InChI=1S/C29H34N6O4/c1-39-28-23(26(36)32-21-6-4-5-18(13-21)29(38)35-11-2-3-12-35)14-19(16-30-28)17-7-10-22-24(15-17)33-34-25(22)27(37)31-20-8-9-20/h7,10,14-16,18,20-21H,2-6,8-9,11-13H2,1H3,(H,31,37)(H,32,36)(H,33,34)/i1D3. The normalized spacial score (nSPS) is 22.6. The molecular weight excluding hydrogens is 496 g/mol. The molecule has 204 valence electrons. The van der Waals surface area contributed by atoms with Gasteiger partial charge in [-0.1, -0.05) is 12.5 Å². The number of H-pyrrole nitrogens is 1. The molecule has 3 N–H and O–H groups in total. The summed E-state index contributed by atoms with van der Waals surface area (Å²) in [5.74, 6) is -1.01. The molecule has 2 aromatic heterocycles. The van der Waals surface area contributed by atoms with Crippen LogP contribution in [-0.2, 0) is 4.79 Å². The van der Waals surface area contributed by atoms with Gasteiger partial charge in [0.25, 0.3) is 11.8 Å². The number of carbonyl (C=O) groups excluding carboxylic acids is 3. The zero-order chi connectivity index (χ0) is 29.4. The second-order valence-electron chi connectivity index (χ2n) is 10.8. The van der Waals surface area contributed by atoms with Gasteiger partial charge >= 0.3 is 0 Å². The van der Waals surface area contributed by atoms with Crippen LogP contribution in [0.1, 0.15) is 76.3 Å².